The summed E-state index contributed by atoms with van der Waals surface area (Å²) in [7, 11) is 0. The Morgan fingerprint density at radius 3 is 2.52 bits per heavy atom. The smallest absolute Gasteiger partial charge is 0.325 e. The van der Waals surface area contributed by atoms with Gasteiger partial charge in [-0.1, -0.05) is 43.4 Å². The lowest BCUT2D eigenvalue weighted by Gasteiger charge is -2.10. The number of rotatable bonds is 7. The summed E-state index contributed by atoms with van der Waals surface area (Å²) in [5, 5.41) is 14.7. The number of aromatic nitrogens is 2. The van der Waals surface area contributed by atoms with E-state index in [1.165, 1.54) is 22.5 Å². The van der Waals surface area contributed by atoms with Crippen LogP contribution in [0.1, 0.15) is 47.9 Å². The summed E-state index contributed by atoms with van der Waals surface area (Å²) in [6.45, 7) is 8.73. The van der Waals surface area contributed by atoms with Crippen molar-refractivity contribution in [3.8, 4) is 5.75 Å². The maximum Gasteiger partial charge on any atom is 0.325 e. The van der Waals surface area contributed by atoms with Crippen LogP contribution in [0.15, 0.2) is 42.5 Å². The standard InChI is InChI=1S/C22H26N4O2S/c1-5-14(2)17-7-10-19(11-8-17)28-13-20-25-26-22(29-20)24-21(27)23-18-9-6-15(3)16(4)12-18/h6-12,14H,5,13H2,1-4H3,(H2,23,24,26,27)/t14-/m0/s1. The van der Waals surface area contributed by atoms with Gasteiger partial charge in [0.2, 0.25) is 5.13 Å². The predicted octanol–water partition coefficient (Wildman–Crippen LogP) is 5.89. The van der Waals surface area contributed by atoms with E-state index in [1.807, 2.05) is 44.2 Å². The van der Waals surface area contributed by atoms with Crippen LogP contribution < -0.4 is 15.4 Å². The van der Waals surface area contributed by atoms with Crippen molar-refractivity contribution >= 4 is 28.2 Å². The SMILES string of the molecule is CC[C@H](C)c1ccc(OCc2nnc(NC(=O)Nc3ccc(C)c(C)c3)s2)cc1. The molecule has 0 aliphatic rings. The zero-order chi connectivity index (χ0) is 20.8. The first kappa shape index (κ1) is 20.8. The van der Waals surface area contributed by atoms with E-state index in [0.717, 1.165) is 23.4 Å². The van der Waals surface area contributed by atoms with E-state index in [2.05, 4.69) is 46.8 Å². The quantitative estimate of drug-likeness (QED) is 0.509. The molecule has 0 spiro atoms. The second kappa shape index (κ2) is 9.52. The van der Waals surface area contributed by atoms with Crippen LogP contribution in [0.25, 0.3) is 0 Å². The fourth-order valence-corrected chi connectivity index (χ4v) is 3.36. The average Bonchev–Trinajstić information content (AvgIpc) is 3.16. The first-order valence-corrected chi connectivity index (χ1v) is 10.5. The third-order valence-corrected chi connectivity index (χ3v) is 5.69. The molecule has 3 aromatic rings. The number of aryl methyl sites for hydroxylation is 2. The molecule has 0 aliphatic carbocycles. The van der Waals surface area contributed by atoms with Gasteiger partial charge in [0.05, 0.1) is 0 Å². The van der Waals surface area contributed by atoms with Crippen molar-refractivity contribution in [2.45, 2.75) is 46.6 Å². The van der Waals surface area contributed by atoms with Gasteiger partial charge in [-0.05, 0) is 67.1 Å². The molecule has 0 bridgehead atoms. The molecule has 0 aliphatic heterocycles. The number of hydrogen-bond acceptors (Lipinski definition) is 5. The van der Waals surface area contributed by atoms with Gasteiger partial charge in [-0.15, -0.1) is 10.2 Å². The largest absolute Gasteiger partial charge is 0.486 e. The molecule has 152 valence electrons. The Balaban J connectivity index is 1.51. The minimum atomic E-state index is -0.350. The van der Waals surface area contributed by atoms with Gasteiger partial charge in [-0.3, -0.25) is 5.32 Å². The highest BCUT2D eigenvalue weighted by Crippen LogP contribution is 2.23. The predicted molar refractivity (Wildman–Crippen MR) is 118 cm³/mol. The molecule has 1 heterocycles. The Morgan fingerprint density at radius 1 is 1.07 bits per heavy atom. The molecule has 1 aromatic heterocycles. The normalized spacial score (nSPS) is 11.7. The minimum Gasteiger partial charge on any atom is -0.486 e. The Labute approximate surface area is 175 Å². The fraction of sp³-hybridized carbons (Fsp3) is 0.318. The Morgan fingerprint density at radius 2 is 1.83 bits per heavy atom. The van der Waals surface area contributed by atoms with E-state index in [-0.39, 0.29) is 6.03 Å². The highest BCUT2D eigenvalue weighted by molar-refractivity contribution is 7.15. The van der Waals surface area contributed by atoms with E-state index < -0.39 is 0 Å². The van der Waals surface area contributed by atoms with E-state index in [1.54, 1.807) is 0 Å². The topological polar surface area (TPSA) is 76.1 Å². The number of anilines is 2. The van der Waals surface area contributed by atoms with Gasteiger partial charge in [0.1, 0.15) is 12.4 Å². The molecule has 2 amide bonds. The van der Waals surface area contributed by atoms with Crippen LogP contribution in [0.4, 0.5) is 15.6 Å². The maximum atomic E-state index is 12.2. The number of urea groups is 1. The summed E-state index contributed by atoms with van der Waals surface area (Å²) in [5.74, 6) is 1.32. The summed E-state index contributed by atoms with van der Waals surface area (Å²) >= 11 is 1.29. The summed E-state index contributed by atoms with van der Waals surface area (Å²) in [6.07, 6.45) is 1.11. The van der Waals surface area contributed by atoms with E-state index in [4.69, 9.17) is 4.74 Å². The van der Waals surface area contributed by atoms with Gasteiger partial charge in [-0.2, -0.15) is 0 Å². The van der Waals surface area contributed by atoms with E-state index >= 15 is 0 Å². The third kappa shape index (κ3) is 5.77. The first-order chi connectivity index (χ1) is 13.9. The van der Waals surface area contributed by atoms with Gasteiger partial charge < -0.3 is 10.1 Å². The Hall–Kier alpha value is -2.93. The van der Waals surface area contributed by atoms with Crippen molar-refractivity contribution in [3.63, 3.8) is 0 Å². The average molecular weight is 411 g/mol. The van der Waals surface area contributed by atoms with Crippen LogP contribution >= 0.6 is 11.3 Å². The summed E-state index contributed by atoms with van der Waals surface area (Å²) in [6, 6.07) is 13.5. The maximum absolute atomic E-state index is 12.2. The zero-order valence-electron chi connectivity index (χ0n) is 17.2. The van der Waals surface area contributed by atoms with Crippen molar-refractivity contribution in [2.24, 2.45) is 0 Å². The lowest BCUT2D eigenvalue weighted by Crippen LogP contribution is -2.19. The molecule has 0 saturated carbocycles. The number of nitrogens with zero attached hydrogens (tertiary/aromatic N) is 2. The van der Waals surface area contributed by atoms with Crippen LogP contribution in [-0.4, -0.2) is 16.2 Å². The molecule has 1 atom stereocenters. The van der Waals surface area contributed by atoms with Crippen LogP contribution in [0.5, 0.6) is 5.75 Å². The summed E-state index contributed by atoms with van der Waals surface area (Å²) in [5.41, 5.74) is 4.34. The molecule has 3 rings (SSSR count). The number of carbonyl (C=O) groups is 1. The van der Waals surface area contributed by atoms with E-state index in [0.29, 0.717) is 22.7 Å². The van der Waals surface area contributed by atoms with E-state index in [9.17, 15) is 4.79 Å². The highest BCUT2D eigenvalue weighted by atomic mass is 32.1. The van der Waals surface area contributed by atoms with Gasteiger partial charge in [0.25, 0.3) is 0 Å². The monoisotopic (exact) mass is 410 g/mol. The zero-order valence-corrected chi connectivity index (χ0v) is 18.0. The number of ether oxygens (including phenoxy) is 1. The number of carbonyl (C=O) groups excluding carboxylic acids is 1. The number of benzene rings is 2. The fourth-order valence-electron chi connectivity index (χ4n) is 2.71. The Bertz CT molecular complexity index is 969. The van der Waals surface area contributed by atoms with Gasteiger partial charge in [0, 0.05) is 5.69 Å². The molecule has 2 N–H and O–H groups in total. The second-order valence-electron chi connectivity index (χ2n) is 7.05. The number of amides is 2. The molecule has 0 radical (unpaired) electrons. The van der Waals surface area contributed by atoms with Crippen molar-refractivity contribution in [3.05, 3.63) is 64.2 Å². The van der Waals surface area contributed by atoms with Crippen molar-refractivity contribution < 1.29 is 9.53 Å². The van der Waals surface area contributed by atoms with Crippen molar-refractivity contribution in [1.29, 1.82) is 0 Å². The third-order valence-electron chi connectivity index (χ3n) is 4.88. The lowest BCUT2D eigenvalue weighted by atomic mass is 9.99. The molecule has 29 heavy (non-hydrogen) atoms. The lowest BCUT2D eigenvalue weighted by molar-refractivity contribution is 0.262. The van der Waals surface area contributed by atoms with Gasteiger partial charge in [-0.25, -0.2) is 4.79 Å². The number of nitrogens with one attached hydrogen (secondary N) is 2. The molecular weight excluding hydrogens is 384 g/mol. The van der Waals surface area contributed by atoms with Gasteiger partial charge in [0.15, 0.2) is 5.01 Å². The van der Waals surface area contributed by atoms with Crippen LogP contribution in [0.2, 0.25) is 0 Å². The van der Waals surface area contributed by atoms with Crippen molar-refractivity contribution in [1.82, 2.24) is 10.2 Å². The molecular formula is C22H26N4O2S. The Kier molecular flexibility index (Phi) is 6.82. The van der Waals surface area contributed by atoms with Crippen LogP contribution in [-0.2, 0) is 6.61 Å². The van der Waals surface area contributed by atoms with Crippen LogP contribution in [0, 0.1) is 13.8 Å². The minimum absolute atomic E-state index is 0.306. The molecule has 7 heteroatoms. The first-order valence-electron chi connectivity index (χ1n) is 9.65. The molecule has 0 saturated heterocycles. The van der Waals surface area contributed by atoms with Crippen molar-refractivity contribution in [2.75, 3.05) is 10.6 Å². The summed E-state index contributed by atoms with van der Waals surface area (Å²) in [4.78, 5) is 12.2. The molecule has 6 nitrogen and oxygen atoms in total. The van der Waals surface area contributed by atoms with Crippen LogP contribution in [0.3, 0.4) is 0 Å². The summed E-state index contributed by atoms with van der Waals surface area (Å²) < 4.78 is 5.78. The van der Waals surface area contributed by atoms with Gasteiger partial charge >= 0.3 is 6.03 Å². The molecule has 0 fully saturated rings. The number of hydrogen-bond donors (Lipinski definition) is 2. The second-order valence-corrected chi connectivity index (χ2v) is 8.11. The molecule has 0 unspecified atom stereocenters. The highest BCUT2D eigenvalue weighted by Gasteiger charge is 2.10. The molecule has 2 aromatic carbocycles.